The van der Waals surface area contributed by atoms with Crippen molar-refractivity contribution in [3.8, 4) is 0 Å². The molecule has 2 amide bonds. The van der Waals surface area contributed by atoms with Crippen molar-refractivity contribution in [2.24, 2.45) is 0 Å². The van der Waals surface area contributed by atoms with E-state index >= 15 is 0 Å². The number of rotatable bonds is 7. The molecule has 3 atom stereocenters. The van der Waals surface area contributed by atoms with Crippen molar-refractivity contribution in [3.05, 3.63) is 36.4 Å². The molecule has 0 aliphatic rings. The first kappa shape index (κ1) is 17.1. The lowest BCUT2D eigenvalue weighted by atomic mass is 10.1. The molecule has 0 aliphatic heterocycles. The molecule has 3 unspecified atom stereocenters. The van der Waals surface area contributed by atoms with E-state index in [0.29, 0.717) is 18.0 Å². The number of hydrogen-bond donors (Lipinski definition) is 3. The molecule has 2 aromatic rings. The minimum atomic E-state index is -0.744. The zero-order valence-corrected chi connectivity index (χ0v) is 13.7. The zero-order chi connectivity index (χ0) is 16.8. The molecule has 7 heteroatoms. The highest BCUT2D eigenvalue weighted by Crippen LogP contribution is 2.19. The van der Waals surface area contributed by atoms with Gasteiger partial charge in [0.05, 0.1) is 18.5 Å². The van der Waals surface area contributed by atoms with Gasteiger partial charge in [-0.1, -0.05) is 6.92 Å². The molecule has 0 radical (unpaired) electrons. The fraction of sp³-hybridized carbons (Fsp3) is 0.500. The lowest BCUT2D eigenvalue weighted by Gasteiger charge is -2.18. The van der Waals surface area contributed by atoms with Crippen molar-refractivity contribution in [2.75, 3.05) is 5.32 Å². The van der Waals surface area contributed by atoms with Crippen LogP contribution in [0, 0.1) is 0 Å². The first-order valence-electron chi connectivity index (χ1n) is 7.83. The second kappa shape index (κ2) is 7.82. The third-order valence-corrected chi connectivity index (χ3v) is 3.75. The molecule has 0 saturated heterocycles. The molecule has 23 heavy (non-hydrogen) atoms. The second-order valence-corrected chi connectivity index (χ2v) is 5.68. The van der Waals surface area contributed by atoms with Gasteiger partial charge in [-0.2, -0.15) is 5.10 Å². The predicted octanol–water partition coefficient (Wildman–Crippen LogP) is 3.08. The Kier molecular flexibility index (Phi) is 5.81. The van der Waals surface area contributed by atoms with E-state index in [4.69, 9.17) is 4.42 Å². The number of amides is 2. The van der Waals surface area contributed by atoms with Crippen molar-refractivity contribution in [1.82, 2.24) is 15.1 Å². The van der Waals surface area contributed by atoms with Crippen LogP contribution < -0.4 is 10.6 Å². The molecule has 0 bridgehead atoms. The minimum absolute atomic E-state index is 0.207. The van der Waals surface area contributed by atoms with Crippen LogP contribution in [0.4, 0.5) is 10.6 Å². The Balaban J connectivity index is 1.86. The zero-order valence-electron chi connectivity index (χ0n) is 13.7. The molecule has 0 fully saturated rings. The van der Waals surface area contributed by atoms with Gasteiger partial charge in [0.15, 0.2) is 0 Å². The number of aromatic nitrogens is 2. The number of carbonyl (C=O) groups excluding carboxylic acids is 1. The molecule has 126 valence electrons. The van der Waals surface area contributed by atoms with Crippen molar-refractivity contribution < 1.29 is 14.3 Å². The normalized spacial score (nSPS) is 15.0. The van der Waals surface area contributed by atoms with Gasteiger partial charge in [0, 0.05) is 18.5 Å². The highest BCUT2D eigenvalue weighted by atomic mass is 16.4. The molecule has 2 rings (SSSR count). The van der Waals surface area contributed by atoms with E-state index in [1.165, 1.54) is 6.26 Å². The summed E-state index contributed by atoms with van der Waals surface area (Å²) in [6.45, 7) is 5.93. The van der Waals surface area contributed by atoms with E-state index in [0.717, 1.165) is 6.42 Å². The maximum Gasteiger partial charge on any atom is 0.320 e. The van der Waals surface area contributed by atoms with Crippen LogP contribution in [0.2, 0.25) is 0 Å². The molecular formula is C16H24N4O3. The van der Waals surface area contributed by atoms with Crippen LogP contribution in [0.25, 0.3) is 0 Å². The number of urea groups is 1. The van der Waals surface area contributed by atoms with Crippen LogP contribution in [0.1, 0.15) is 51.5 Å². The lowest BCUT2D eigenvalue weighted by Crippen LogP contribution is -2.37. The predicted molar refractivity (Wildman–Crippen MR) is 87.1 cm³/mol. The first-order valence-corrected chi connectivity index (χ1v) is 7.83. The Morgan fingerprint density at radius 1 is 1.43 bits per heavy atom. The Hall–Kier alpha value is -2.28. The van der Waals surface area contributed by atoms with Crippen LogP contribution in [0.15, 0.2) is 35.1 Å². The molecule has 0 aromatic carbocycles. The van der Waals surface area contributed by atoms with Gasteiger partial charge in [-0.05, 0) is 32.4 Å². The molecule has 0 spiro atoms. The third-order valence-electron chi connectivity index (χ3n) is 3.75. The SMILES string of the molecule is CCC(C)n1nccc1NC(=O)NC(C)CC(O)c1ccco1. The average Bonchev–Trinajstić information content (AvgIpc) is 3.17. The maximum absolute atomic E-state index is 12.1. The fourth-order valence-electron chi connectivity index (χ4n) is 2.30. The molecule has 0 aliphatic carbocycles. The van der Waals surface area contributed by atoms with Gasteiger partial charge in [0.1, 0.15) is 17.7 Å². The largest absolute Gasteiger partial charge is 0.467 e. The van der Waals surface area contributed by atoms with Gasteiger partial charge >= 0.3 is 6.03 Å². The minimum Gasteiger partial charge on any atom is -0.467 e. The number of nitrogens with zero attached hydrogens (tertiary/aromatic N) is 2. The number of anilines is 1. The highest BCUT2D eigenvalue weighted by Gasteiger charge is 2.17. The highest BCUT2D eigenvalue weighted by molar-refractivity contribution is 5.88. The molecular weight excluding hydrogens is 296 g/mol. The smallest absolute Gasteiger partial charge is 0.320 e. The average molecular weight is 320 g/mol. The van der Waals surface area contributed by atoms with Crippen LogP contribution in [-0.4, -0.2) is 27.0 Å². The summed E-state index contributed by atoms with van der Waals surface area (Å²) < 4.78 is 6.93. The van der Waals surface area contributed by atoms with Crippen molar-refractivity contribution in [1.29, 1.82) is 0 Å². The summed E-state index contributed by atoms with van der Waals surface area (Å²) in [5.41, 5.74) is 0. The van der Waals surface area contributed by atoms with Crippen LogP contribution >= 0.6 is 0 Å². The van der Waals surface area contributed by atoms with E-state index in [-0.39, 0.29) is 18.1 Å². The van der Waals surface area contributed by atoms with E-state index < -0.39 is 6.10 Å². The Morgan fingerprint density at radius 2 is 2.22 bits per heavy atom. The Labute approximate surface area is 135 Å². The van der Waals surface area contributed by atoms with Crippen molar-refractivity contribution >= 4 is 11.8 Å². The van der Waals surface area contributed by atoms with Gasteiger partial charge < -0.3 is 14.8 Å². The van der Waals surface area contributed by atoms with Crippen LogP contribution in [0.5, 0.6) is 0 Å². The van der Waals surface area contributed by atoms with Gasteiger partial charge in [-0.3, -0.25) is 5.32 Å². The Morgan fingerprint density at radius 3 is 2.87 bits per heavy atom. The third kappa shape index (κ3) is 4.59. The van der Waals surface area contributed by atoms with E-state index in [1.54, 1.807) is 29.1 Å². The summed E-state index contributed by atoms with van der Waals surface area (Å²) in [4.78, 5) is 12.1. The van der Waals surface area contributed by atoms with E-state index in [2.05, 4.69) is 22.7 Å². The van der Waals surface area contributed by atoms with Gasteiger partial charge in [0.2, 0.25) is 0 Å². The molecule has 7 nitrogen and oxygen atoms in total. The fourth-order valence-corrected chi connectivity index (χ4v) is 2.30. The molecule has 3 N–H and O–H groups in total. The molecule has 0 saturated carbocycles. The van der Waals surface area contributed by atoms with Gasteiger partial charge in [-0.15, -0.1) is 0 Å². The van der Waals surface area contributed by atoms with Crippen LogP contribution in [-0.2, 0) is 0 Å². The standard InChI is InChI=1S/C16H24N4O3/c1-4-12(3)20-15(7-8-17-20)19-16(22)18-11(2)10-13(21)14-6-5-9-23-14/h5-9,11-13,21H,4,10H2,1-3H3,(H2,18,19,22). The topological polar surface area (TPSA) is 92.3 Å². The lowest BCUT2D eigenvalue weighted by molar-refractivity contribution is 0.130. The van der Waals surface area contributed by atoms with Crippen LogP contribution in [0.3, 0.4) is 0 Å². The summed E-state index contributed by atoms with van der Waals surface area (Å²) in [6, 6.07) is 4.86. The van der Waals surface area contributed by atoms with E-state index in [1.807, 2.05) is 13.8 Å². The molecule has 2 aromatic heterocycles. The summed E-state index contributed by atoms with van der Waals surface area (Å²) in [5.74, 6) is 1.14. The number of furan rings is 1. The Bertz CT molecular complexity index is 609. The number of nitrogens with one attached hydrogen (secondary N) is 2. The first-order chi connectivity index (χ1) is 11.0. The number of carbonyl (C=O) groups is 1. The van der Waals surface area contributed by atoms with E-state index in [9.17, 15) is 9.90 Å². The van der Waals surface area contributed by atoms with Gasteiger partial charge in [0.25, 0.3) is 0 Å². The molecule has 2 heterocycles. The number of aliphatic hydroxyl groups is 1. The maximum atomic E-state index is 12.1. The number of hydrogen-bond acceptors (Lipinski definition) is 4. The van der Waals surface area contributed by atoms with Gasteiger partial charge in [-0.25, -0.2) is 9.48 Å². The quantitative estimate of drug-likeness (QED) is 0.731. The summed E-state index contributed by atoms with van der Waals surface area (Å²) in [5, 5.41) is 19.8. The number of aliphatic hydroxyl groups excluding tert-OH is 1. The summed E-state index contributed by atoms with van der Waals surface area (Å²) in [7, 11) is 0. The second-order valence-electron chi connectivity index (χ2n) is 5.68. The van der Waals surface area contributed by atoms with Crippen molar-refractivity contribution in [3.63, 3.8) is 0 Å². The monoisotopic (exact) mass is 320 g/mol. The summed E-state index contributed by atoms with van der Waals surface area (Å²) >= 11 is 0. The van der Waals surface area contributed by atoms with Crippen molar-refractivity contribution in [2.45, 2.75) is 51.8 Å². The summed E-state index contributed by atoms with van der Waals surface area (Å²) in [6.07, 6.45) is 3.71.